The topological polar surface area (TPSA) is 70.6 Å². The molecule has 6 nitrogen and oxygen atoms in total. The van der Waals surface area contributed by atoms with Gasteiger partial charge in [0.05, 0.1) is 11.3 Å². The minimum absolute atomic E-state index is 0.104. The van der Waals surface area contributed by atoms with Gasteiger partial charge in [-0.05, 0) is 31.0 Å². The van der Waals surface area contributed by atoms with Crippen molar-refractivity contribution >= 4 is 32.8 Å². The van der Waals surface area contributed by atoms with E-state index in [0.29, 0.717) is 5.56 Å². The van der Waals surface area contributed by atoms with Gasteiger partial charge >= 0.3 is 0 Å². The molecular weight excluding hydrogens is 358 g/mol. The first kappa shape index (κ1) is 18.0. The predicted molar refractivity (Wildman–Crippen MR) is 98.9 cm³/mol. The smallest absolute Gasteiger partial charge is 0.242 e. The van der Waals surface area contributed by atoms with E-state index in [2.05, 4.69) is 9.88 Å². The molecule has 1 fully saturated rings. The summed E-state index contributed by atoms with van der Waals surface area (Å²) in [6, 6.07) is 4.86. The highest BCUT2D eigenvalue weighted by atomic mass is 32.2. The number of ketones is 1. The Balaban J connectivity index is 2.02. The molecule has 1 aromatic carbocycles. The van der Waals surface area contributed by atoms with Gasteiger partial charge in [-0.3, -0.25) is 4.79 Å². The molecule has 0 N–H and O–H groups in total. The summed E-state index contributed by atoms with van der Waals surface area (Å²) in [4.78, 5) is 19.3. The van der Waals surface area contributed by atoms with Crippen LogP contribution in [0.5, 0.6) is 0 Å². The van der Waals surface area contributed by atoms with Crippen molar-refractivity contribution in [1.29, 1.82) is 0 Å². The van der Waals surface area contributed by atoms with Crippen molar-refractivity contribution in [3.8, 4) is 0 Å². The third-order valence-electron chi connectivity index (χ3n) is 4.29. The van der Waals surface area contributed by atoms with Crippen LogP contribution in [0.1, 0.15) is 28.2 Å². The van der Waals surface area contributed by atoms with Crippen LogP contribution in [-0.4, -0.2) is 50.7 Å². The summed E-state index contributed by atoms with van der Waals surface area (Å²) in [5, 5.41) is 2.56. The Morgan fingerprint density at radius 2 is 2.00 bits per heavy atom. The first-order valence-corrected chi connectivity index (χ1v) is 10.4. The number of rotatable bonds is 6. The molecule has 8 heteroatoms. The summed E-state index contributed by atoms with van der Waals surface area (Å²) >= 11 is 1.43. The lowest BCUT2D eigenvalue weighted by atomic mass is 10.1. The third kappa shape index (κ3) is 3.75. The average Bonchev–Trinajstić information content (AvgIpc) is 3.27. The highest BCUT2D eigenvalue weighted by molar-refractivity contribution is 7.89. The van der Waals surface area contributed by atoms with Gasteiger partial charge < -0.3 is 4.90 Å². The number of benzene rings is 1. The molecule has 1 aliphatic rings. The molecule has 0 aliphatic carbocycles. The summed E-state index contributed by atoms with van der Waals surface area (Å²) < 4.78 is 26.1. The molecule has 1 saturated heterocycles. The number of carbonyl (C=O) groups excluding carboxylic acids is 1. The van der Waals surface area contributed by atoms with Crippen LogP contribution in [0.3, 0.4) is 0 Å². The number of aromatic nitrogens is 1. The quantitative estimate of drug-likeness (QED) is 0.721. The van der Waals surface area contributed by atoms with Crippen LogP contribution in [0, 0.1) is 0 Å². The van der Waals surface area contributed by atoms with Gasteiger partial charge in [-0.2, -0.15) is 0 Å². The SMILES string of the molecule is CN(C)S(=O)(=O)c1ccc(N2CCCC2)c(C(=O)Cc2nccs2)c1. The fraction of sp³-hybridized carbons (Fsp3) is 0.412. The molecular formula is C17H21N3O3S2. The minimum atomic E-state index is -3.59. The number of anilines is 1. The highest BCUT2D eigenvalue weighted by Crippen LogP contribution is 2.29. The molecule has 0 saturated carbocycles. The van der Waals surface area contributed by atoms with Crippen molar-refractivity contribution in [1.82, 2.24) is 9.29 Å². The molecule has 134 valence electrons. The van der Waals surface area contributed by atoms with E-state index in [-0.39, 0.29) is 17.1 Å². The fourth-order valence-electron chi connectivity index (χ4n) is 2.92. The maximum absolute atomic E-state index is 12.9. The fourth-order valence-corrected chi connectivity index (χ4v) is 4.46. The van der Waals surface area contributed by atoms with E-state index in [1.807, 2.05) is 5.38 Å². The van der Waals surface area contributed by atoms with Crippen LogP contribution in [0.15, 0.2) is 34.7 Å². The second-order valence-corrected chi connectivity index (χ2v) is 9.32. The number of Topliss-reactive ketones (excluding diaryl/α,β-unsaturated/α-hetero) is 1. The third-order valence-corrected chi connectivity index (χ3v) is 6.88. The second kappa shape index (κ2) is 7.23. The van der Waals surface area contributed by atoms with Crippen molar-refractivity contribution < 1.29 is 13.2 Å². The molecule has 0 unspecified atom stereocenters. The van der Waals surface area contributed by atoms with Crippen molar-refractivity contribution in [3.05, 3.63) is 40.3 Å². The highest BCUT2D eigenvalue weighted by Gasteiger charge is 2.24. The molecule has 1 aliphatic heterocycles. The van der Waals surface area contributed by atoms with E-state index >= 15 is 0 Å². The lowest BCUT2D eigenvalue weighted by Gasteiger charge is -2.22. The molecule has 1 aromatic heterocycles. The van der Waals surface area contributed by atoms with Crippen LogP contribution in [-0.2, 0) is 16.4 Å². The zero-order chi connectivity index (χ0) is 18.0. The molecule has 2 aromatic rings. The van der Waals surface area contributed by atoms with Crippen LogP contribution in [0.2, 0.25) is 0 Å². The largest absolute Gasteiger partial charge is 0.371 e. The van der Waals surface area contributed by atoms with Crippen LogP contribution >= 0.6 is 11.3 Å². The van der Waals surface area contributed by atoms with Crippen molar-refractivity contribution in [2.45, 2.75) is 24.2 Å². The van der Waals surface area contributed by atoms with E-state index in [4.69, 9.17) is 0 Å². The van der Waals surface area contributed by atoms with E-state index < -0.39 is 10.0 Å². The predicted octanol–water partition coefficient (Wildman–Crippen LogP) is 2.42. The van der Waals surface area contributed by atoms with Crippen molar-refractivity contribution in [2.75, 3.05) is 32.1 Å². The van der Waals surface area contributed by atoms with E-state index in [9.17, 15) is 13.2 Å². The monoisotopic (exact) mass is 379 g/mol. The maximum Gasteiger partial charge on any atom is 0.242 e. The first-order chi connectivity index (χ1) is 11.9. The van der Waals surface area contributed by atoms with Gasteiger partial charge in [0.1, 0.15) is 5.01 Å². The summed E-state index contributed by atoms with van der Waals surface area (Å²) in [7, 11) is -0.612. The van der Waals surface area contributed by atoms with Crippen molar-refractivity contribution in [2.24, 2.45) is 0 Å². The standard InChI is InChI=1S/C17H21N3O3S2/c1-19(2)25(22,23)13-5-6-15(20-8-3-4-9-20)14(11-13)16(21)12-17-18-7-10-24-17/h5-7,10-11H,3-4,8-9,12H2,1-2H3. The van der Waals surface area contributed by atoms with Gasteiger partial charge in [-0.1, -0.05) is 0 Å². The average molecular weight is 380 g/mol. The zero-order valence-electron chi connectivity index (χ0n) is 14.3. The van der Waals surface area contributed by atoms with Gasteiger partial charge in [-0.25, -0.2) is 17.7 Å². The summed E-state index contributed by atoms with van der Waals surface area (Å²) in [5.74, 6) is -0.104. The van der Waals surface area contributed by atoms with Gasteiger partial charge in [0, 0.05) is 50.0 Å². The lowest BCUT2D eigenvalue weighted by molar-refractivity contribution is 0.0993. The van der Waals surface area contributed by atoms with E-state index in [1.165, 1.54) is 31.5 Å². The Morgan fingerprint density at radius 3 is 2.60 bits per heavy atom. The Morgan fingerprint density at radius 1 is 1.28 bits per heavy atom. The summed E-state index contributed by atoms with van der Waals surface area (Å²) in [5.41, 5.74) is 1.27. The van der Waals surface area contributed by atoms with Gasteiger partial charge in [0.15, 0.2) is 5.78 Å². The molecule has 0 bridgehead atoms. The maximum atomic E-state index is 12.9. The molecule has 3 rings (SSSR count). The van der Waals surface area contributed by atoms with Crippen LogP contribution < -0.4 is 4.90 Å². The normalized spacial score (nSPS) is 15.1. The second-order valence-electron chi connectivity index (χ2n) is 6.19. The number of nitrogens with zero attached hydrogens (tertiary/aromatic N) is 3. The van der Waals surface area contributed by atoms with Gasteiger partial charge in [-0.15, -0.1) is 11.3 Å². The Kier molecular flexibility index (Phi) is 5.21. The Hall–Kier alpha value is -1.77. The number of carbonyl (C=O) groups is 1. The minimum Gasteiger partial charge on any atom is -0.371 e. The van der Waals surface area contributed by atoms with Crippen LogP contribution in [0.25, 0.3) is 0 Å². The van der Waals surface area contributed by atoms with E-state index in [1.54, 1.807) is 18.3 Å². The molecule has 0 radical (unpaired) electrons. The van der Waals surface area contributed by atoms with E-state index in [0.717, 1.165) is 40.9 Å². The zero-order valence-corrected chi connectivity index (χ0v) is 15.9. The summed E-state index contributed by atoms with van der Waals surface area (Å²) in [6.07, 6.45) is 4.02. The van der Waals surface area contributed by atoms with Crippen LogP contribution in [0.4, 0.5) is 5.69 Å². The molecule has 0 amide bonds. The number of thiazole rings is 1. The number of sulfonamides is 1. The molecule has 0 atom stereocenters. The Bertz CT molecular complexity index is 855. The molecule has 0 spiro atoms. The van der Waals surface area contributed by atoms with Gasteiger partial charge in [0.25, 0.3) is 0 Å². The van der Waals surface area contributed by atoms with Gasteiger partial charge in [0.2, 0.25) is 10.0 Å². The molecule has 25 heavy (non-hydrogen) atoms. The number of hydrogen-bond acceptors (Lipinski definition) is 6. The molecule has 2 heterocycles. The number of hydrogen-bond donors (Lipinski definition) is 0. The first-order valence-electron chi connectivity index (χ1n) is 8.12. The lowest BCUT2D eigenvalue weighted by Crippen LogP contribution is -2.24. The van der Waals surface area contributed by atoms with Crippen molar-refractivity contribution in [3.63, 3.8) is 0 Å². The Labute approximate surface area is 152 Å². The summed E-state index contributed by atoms with van der Waals surface area (Å²) in [6.45, 7) is 1.77.